The van der Waals surface area contributed by atoms with Crippen molar-refractivity contribution in [2.24, 2.45) is 0 Å². The average Bonchev–Trinajstić information content (AvgIpc) is 3.38. The van der Waals surface area contributed by atoms with Gasteiger partial charge in [0.15, 0.2) is 6.10 Å². The number of rotatable bonds is 56. The lowest BCUT2D eigenvalue weighted by atomic mass is 10.0. The van der Waals surface area contributed by atoms with Crippen LogP contribution in [-0.4, -0.2) is 95.9 Å². The standard InChI is InChI=1S/C57H106O16P2/c1-4-7-10-13-16-19-22-25-28-31-34-37-40-43-55(60)67-46-52(58)47-69-74(63,64)70-48-53(59)49-71-75(65,66)72-51-54(73-57(62)45-42-39-36-33-30-27-24-21-18-15-12-9-6-3)50-68-56(61)44-41-38-35-32-29-26-23-20-17-14-11-8-5-2/h10,13,19-20,22-23,52-54,58-59H,4-9,11-12,14-18,21,24-51H2,1-3H3,(H,63,64)(H,65,66)/b13-10-,22-19-,23-20-. The summed E-state index contributed by atoms with van der Waals surface area (Å²) in [7, 11) is -9.74. The minimum atomic E-state index is -4.91. The lowest BCUT2D eigenvalue weighted by molar-refractivity contribution is -0.161. The Labute approximate surface area is 454 Å². The van der Waals surface area contributed by atoms with E-state index in [1.165, 1.54) is 77.0 Å². The molecule has 0 bridgehead atoms. The van der Waals surface area contributed by atoms with Crippen molar-refractivity contribution in [3.63, 3.8) is 0 Å². The van der Waals surface area contributed by atoms with Gasteiger partial charge in [-0.2, -0.15) is 0 Å². The van der Waals surface area contributed by atoms with Crippen molar-refractivity contribution in [1.29, 1.82) is 0 Å². The summed E-state index contributed by atoms with van der Waals surface area (Å²) in [6.07, 6.45) is 45.0. The fourth-order valence-electron chi connectivity index (χ4n) is 7.78. The lowest BCUT2D eigenvalue weighted by Crippen LogP contribution is -2.30. The van der Waals surface area contributed by atoms with E-state index in [0.717, 1.165) is 116 Å². The van der Waals surface area contributed by atoms with Gasteiger partial charge in [0.05, 0.1) is 26.4 Å². The van der Waals surface area contributed by atoms with Crippen molar-refractivity contribution in [1.82, 2.24) is 0 Å². The van der Waals surface area contributed by atoms with Crippen LogP contribution >= 0.6 is 15.6 Å². The number of allylic oxidation sites excluding steroid dienone is 6. The molecule has 0 aromatic carbocycles. The number of phosphoric ester groups is 2. The van der Waals surface area contributed by atoms with E-state index in [0.29, 0.717) is 19.3 Å². The molecule has 16 nitrogen and oxygen atoms in total. The monoisotopic (exact) mass is 1110 g/mol. The zero-order valence-electron chi connectivity index (χ0n) is 47.0. The lowest BCUT2D eigenvalue weighted by Gasteiger charge is -2.21. The van der Waals surface area contributed by atoms with Crippen LogP contribution < -0.4 is 0 Å². The Morgan fingerprint density at radius 2 is 0.693 bits per heavy atom. The van der Waals surface area contributed by atoms with Crippen LogP contribution in [0.25, 0.3) is 0 Å². The maximum atomic E-state index is 12.8. The quantitative estimate of drug-likeness (QED) is 0.0146. The number of hydrogen-bond donors (Lipinski definition) is 4. The van der Waals surface area contributed by atoms with E-state index in [4.69, 9.17) is 32.3 Å². The number of carbonyl (C=O) groups excluding carboxylic acids is 3. The van der Waals surface area contributed by atoms with Crippen LogP contribution in [-0.2, 0) is 55.8 Å². The Morgan fingerprint density at radius 3 is 1.12 bits per heavy atom. The molecule has 0 aromatic rings. The molecule has 0 radical (unpaired) electrons. The average molecular weight is 1110 g/mol. The second-order valence-electron chi connectivity index (χ2n) is 19.8. The van der Waals surface area contributed by atoms with E-state index in [2.05, 4.69) is 57.2 Å². The molecule has 5 atom stereocenters. The predicted molar refractivity (Wildman–Crippen MR) is 298 cm³/mol. The van der Waals surface area contributed by atoms with Crippen molar-refractivity contribution in [3.8, 4) is 0 Å². The number of aliphatic hydroxyl groups is 2. The number of ether oxygens (including phenoxy) is 3. The maximum absolute atomic E-state index is 12.8. The fourth-order valence-corrected chi connectivity index (χ4v) is 9.36. The largest absolute Gasteiger partial charge is 0.472 e. The van der Waals surface area contributed by atoms with E-state index in [9.17, 15) is 43.5 Å². The van der Waals surface area contributed by atoms with Gasteiger partial charge in [0.2, 0.25) is 0 Å². The number of esters is 3. The molecule has 0 heterocycles. The summed E-state index contributed by atoms with van der Waals surface area (Å²) in [6, 6.07) is 0. The molecule has 0 amide bonds. The van der Waals surface area contributed by atoms with E-state index in [-0.39, 0.29) is 19.3 Å². The van der Waals surface area contributed by atoms with Crippen molar-refractivity contribution < 1.29 is 75.8 Å². The number of aliphatic hydroxyl groups excluding tert-OH is 2. The van der Waals surface area contributed by atoms with E-state index < -0.39 is 91.5 Å². The van der Waals surface area contributed by atoms with Crippen LogP contribution in [0.1, 0.15) is 252 Å². The fraction of sp³-hybridized carbons (Fsp3) is 0.842. The van der Waals surface area contributed by atoms with Crippen molar-refractivity contribution in [2.45, 2.75) is 270 Å². The van der Waals surface area contributed by atoms with Gasteiger partial charge in [0.25, 0.3) is 0 Å². The molecule has 18 heteroatoms. The summed E-state index contributed by atoms with van der Waals surface area (Å²) in [5, 5.41) is 20.4. The van der Waals surface area contributed by atoms with E-state index in [1.54, 1.807) is 0 Å². The number of phosphoric acid groups is 2. The van der Waals surface area contributed by atoms with Gasteiger partial charge in [-0.05, 0) is 70.6 Å². The minimum absolute atomic E-state index is 0.110. The summed E-state index contributed by atoms with van der Waals surface area (Å²) < 4.78 is 60.5. The van der Waals surface area contributed by atoms with Crippen LogP contribution in [0.4, 0.5) is 0 Å². The molecule has 440 valence electrons. The maximum Gasteiger partial charge on any atom is 0.472 e. The molecule has 75 heavy (non-hydrogen) atoms. The highest BCUT2D eigenvalue weighted by atomic mass is 31.2. The van der Waals surface area contributed by atoms with Crippen LogP contribution in [0.2, 0.25) is 0 Å². The molecular formula is C57H106O16P2. The summed E-state index contributed by atoms with van der Waals surface area (Å²) in [5.74, 6) is -1.59. The highest BCUT2D eigenvalue weighted by molar-refractivity contribution is 7.47. The van der Waals surface area contributed by atoms with Gasteiger partial charge in [-0.1, -0.05) is 198 Å². The smallest absolute Gasteiger partial charge is 0.463 e. The first-order valence-electron chi connectivity index (χ1n) is 29.3. The van der Waals surface area contributed by atoms with Gasteiger partial charge >= 0.3 is 33.6 Å². The van der Waals surface area contributed by atoms with E-state index >= 15 is 0 Å². The minimum Gasteiger partial charge on any atom is -0.463 e. The summed E-state index contributed by atoms with van der Waals surface area (Å²) in [6.45, 7) is 2.55. The Hall–Kier alpha value is -2.23. The molecule has 0 saturated carbocycles. The van der Waals surface area contributed by atoms with Gasteiger partial charge in [-0.3, -0.25) is 32.5 Å². The third-order valence-electron chi connectivity index (χ3n) is 12.3. The van der Waals surface area contributed by atoms with Gasteiger partial charge in [0.1, 0.15) is 25.4 Å². The molecule has 0 fully saturated rings. The molecule has 5 unspecified atom stereocenters. The first-order valence-corrected chi connectivity index (χ1v) is 32.3. The van der Waals surface area contributed by atoms with Crippen molar-refractivity contribution in [3.05, 3.63) is 36.5 Å². The van der Waals surface area contributed by atoms with Gasteiger partial charge in [-0.25, -0.2) is 9.13 Å². The SMILES string of the molecule is CCC/C=C\C/C=C\CCCCCCCC(=O)OCC(O)COP(=O)(O)OCC(O)COP(=O)(O)OCC(COC(=O)CCCCCCC/C=C\CCCCCC)OC(=O)CCCCCCCCCCCCCCC. The molecule has 0 spiro atoms. The van der Waals surface area contributed by atoms with Gasteiger partial charge < -0.3 is 34.2 Å². The van der Waals surface area contributed by atoms with Gasteiger partial charge in [0, 0.05) is 19.3 Å². The van der Waals surface area contributed by atoms with Crippen LogP contribution in [0, 0.1) is 0 Å². The molecule has 0 aliphatic rings. The zero-order valence-corrected chi connectivity index (χ0v) is 48.8. The first-order chi connectivity index (χ1) is 36.2. The molecule has 0 rings (SSSR count). The highest BCUT2D eigenvalue weighted by Crippen LogP contribution is 2.45. The zero-order chi connectivity index (χ0) is 55.4. The summed E-state index contributed by atoms with van der Waals surface area (Å²) in [4.78, 5) is 57.9. The van der Waals surface area contributed by atoms with Crippen LogP contribution in [0.15, 0.2) is 36.5 Å². The number of carbonyl (C=O) groups is 3. The molecule has 0 aromatic heterocycles. The molecule has 0 aliphatic carbocycles. The Bertz CT molecular complexity index is 1540. The van der Waals surface area contributed by atoms with Crippen LogP contribution in [0.3, 0.4) is 0 Å². The molecular weight excluding hydrogens is 1000 g/mol. The molecule has 4 N–H and O–H groups in total. The van der Waals surface area contributed by atoms with Crippen molar-refractivity contribution in [2.75, 3.05) is 39.6 Å². The third-order valence-corrected chi connectivity index (χ3v) is 14.2. The Kier molecular flexibility index (Phi) is 50.9. The third kappa shape index (κ3) is 53.6. The van der Waals surface area contributed by atoms with Gasteiger partial charge in [-0.15, -0.1) is 0 Å². The second kappa shape index (κ2) is 52.5. The first kappa shape index (κ1) is 72.8. The normalized spacial score (nSPS) is 14.8. The number of hydrogen-bond acceptors (Lipinski definition) is 14. The predicted octanol–water partition coefficient (Wildman–Crippen LogP) is 14.7. The van der Waals surface area contributed by atoms with Crippen molar-refractivity contribution >= 4 is 33.6 Å². The second-order valence-corrected chi connectivity index (χ2v) is 22.7. The molecule has 0 aliphatic heterocycles. The highest BCUT2D eigenvalue weighted by Gasteiger charge is 2.29. The molecule has 0 saturated heterocycles. The summed E-state index contributed by atoms with van der Waals surface area (Å²) in [5.41, 5.74) is 0. The number of unbranched alkanes of at least 4 members (excludes halogenated alkanes) is 27. The van der Waals surface area contributed by atoms with Crippen LogP contribution in [0.5, 0.6) is 0 Å². The Morgan fingerprint density at radius 1 is 0.373 bits per heavy atom. The Balaban J connectivity index is 4.71. The van der Waals surface area contributed by atoms with E-state index in [1.807, 2.05) is 0 Å². The summed E-state index contributed by atoms with van der Waals surface area (Å²) >= 11 is 0. The topological polar surface area (TPSA) is 231 Å².